The Bertz CT molecular complexity index is 1190. The van der Waals surface area contributed by atoms with Gasteiger partial charge < -0.3 is 10.1 Å². The molecule has 0 bridgehead atoms. The van der Waals surface area contributed by atoms with Gasteiger partial charge in [-0.25, -0.2) is 4.79 Å². The number of hydrogen-bond acceptors (Lipinski definition) is 8. The molecule has 0 aliphatic carbocycles. The molecule has 1 aliphatic rings. The number of carbonyl (C=O) groups excluding carboxylic acids is 2. The van der Waals surface area contributed by atoms with Crippen LogP contribution in [-0.4, -0.2) is 41.4 Å². The van der Waals surface area contributed by atoms with Crippen LogP contribution in [-0.2, 0) is 17.7 Å². The van der Waals surface area contributed by atoms with Crippen molar-refractivity contribution in [1.82, 2.24) is 4.90 Å². The molecule has 0 spiro atoms. The number of rotatable bonds is 6. The van der Waals surface area contributed by atoms with Gasteiger partial charge in [0.1, 0.15) is 5.00 Å². The molecule has 1 amide bonds. The second-order valence-electron chi connectivity index (χ2n) is 7.09. The van der Waals surface area contributed by atoms with Crippen molar-refractivity contribution in [3.63, 3.8) is 0 Å². The predicted molar refractivity (Wildman–Crippen MR) is 129 cm³/mol. The van der Waals surface area contributed by atoms with E-state index in [1.807, 2.05) is 0 Å². The van der Waals surface area contributed by atoms with Crippen molar-refractivity contribution in [1.29, 1.82) is 0 Å². The third-order valence-corrected chi connectivity index (χ3v) is 7.47. The maximum atomic E-state index is 13.0. The van der Waals surface area contributed by atoms with Crippen LogP contribution in [0.3, 0.4) is 0 Å². The highest BCUT2D eigenvalue weighted by molar-refractivity contribution is 7.21. The van der Waals surface area contributed by atoms with Crippen molar-refractivity contribution < 1.29 is 19.2 Å². The van der Waals surface area contributed by atoms with Crippen molar-refractivity contribution in [3.8, 4) is 0 Å². The van der Waals surface area contributed by atoms with Gasteiger partial charge in [-0.15, -0.1) is 35.1 Å². The number of thiophene rings is 2. The summed E-state index contributed by atoms with van der Waals surface area (Å²) in [5.74, 6) is -0.771. The Morgan fingerprint density at radius 2 is 2.03 bits per heavy atom. The van der Waals surface area contributed by atoms with Gasteiger partial charge >= 0.3 is 5.97 Å². The molecule has 0 fully saturated rings. The van der Waals surface area contributed by atoms with Crippen molar-refractivity contribution in [3.05, 3.63) is 55.3 Å². The van der Waals surface area contributed by atoms with E-state index in [-0.39, 0.29) is 30.6 Å². The molecular weight excluding hydrogens is 474 g/mol. The Kier molecular flexibility index (Phi) is 7.50. The monoisotopic (exact) mass is 495 g/mol. The first-order valence-corrected chi connectivity index (χ1v) is 11.6. The molecule has 3 heterocycles. The Hall–Kier alpha value is -2.53. The van der Waals surface area contributed by atoms with E-state index in [9.17, 15) is 19.7 Å². The van der Waals surface area contributed by atoms with Crippen LogP contribution in [0.4, 0.5) is 10.7 Å². The zero-order chi connectivity index (χ0) is 22.1. The largest absolute Gasteiger partial charge is 0.462 e. The molecule has 8 nitrogen and oxygen atoms in total. The van der Waals surface area contributed by atoms with Crippen LogP contribution in [0.1, 0.15) is 44.3 Å². The fraction of sp³-hybridized carbons (Fsp3) is 0.333. The lowest BCUT2D eigenvalue weighted by molar-refractivity contribution is -0.384. The third kappa shape index (κ3) is 4.63. The van der Waals surface area contributed by atoms with Gasteiger partial charge in [-0.05, 0) is 37.6 Å². The third-order valence-electron chi connectivity index (χ3n) is 5.22. The molecule has 0 saturated heterocycles. The van der Waals surface area contributed by atoms with E-state index in [1.54, 1.807) is 19.1 Å². The number of benzene rings is 1. The number of ether oxygens (including phenoxy) is 1. The summed E-state index contributed by atoms with van der Waals surface area (Å²) in [7, 11) is 0. The normalized spacial score (nSPS) is 13.3. The Labute approximate surface area is 198 Å². The summed E-state index contributed by atoms with van der Waals surface area (Å²) in [6.45, 7) is 6.62. The standard InChI is InChI=1S/C21H21N3O5S2.ClH/c1-3-23-8-7-14-17(11-23)31-20(18(14)21(26)29-4-2)22-19(25)16-10-12-9-13(24(27)28)5-6-15(12)30-16;/h5-6,9-10H,3-4,7-8,11H2,1-2H3,(H,22,25);1H. The quantitative estimate of drug-likeness (QED) is 0.290. The second-order valence-corrected chi connectivity index (χ2v) is 9.28. The van der Waals surface area contributed by atoms with Crippen LogP contribution in [0.25, 0.3) is 10.1 Å². The number of esters is 1. The van der Waals surface area contributed by atoms with E-state index in [0.717, 1.165) is 41.2 Å². The lowest BCUT2D eigenvalue weighted by Crippen LogP contribution is -2.30. The molecule has 1 aromatic carbocycles. The number of hydrogen-bond donors (Lipinski definition) is 1. The SMILES string of the molecule is CCOC(=O)c1c(NC(=O)c2cc3cc([N+](=O)[O-])ccc3s2)sc2c1CCN(CC)C2.Cl. The number of likely N-dealkylation sites (N-methyl/N-ethyl adjacent to an activating group) is 1. The average molecular weight is 496 g/mol. The van der Waals surface area contributed by atoms with Crippen molar-refractivity contribution in [2.24, 2.45) is 0 Å². The number of amides is 1. The summed E-state index contributed by atoms with van der Waals surface area (Å²) in [5.41, 5.74) is 1.38. The van der Waals surface area contributed by atoms with Gasteiger partial charge in [0.25, 0.3) is 11.6 Å². The molecule has 1 aliphatic heterocycles. The molecule has 170 valence electrons. The van der Waals surface area contributed by atoms with E-state index in [0.29, 0.717) is 20.8 Å². The number of fused-ring (bicyclic) bond motifs is 2. The fourth-order valence-corrected chi connectivity index (χ4v) is 5.87. The lowest BCUT2D eigenvalue weighted by Gasteiger charge is -2.25. The van der Waals surface area contributed by atoms with Crippen LogP contribution in [0.2, 0.25) is 0 Å². The van der Waals surface area contributed by atoms with Gasteiger partial charge in [-0.2, -0.15) is 0 Å². The summed E-state index contributed by atoms with van der Waals surface area (Å²) in [5, 5.41) is 15.0. The highest BCUT2D eigenvalue weighted by Gasteiger charge is 2.29. The van der Waals surface area contributed by atoms with Crippen molar-refractivity contribution >= 4 is 67.7 Å². The molecule has 2 aromatic heterocycles. The van der Waals surface area contributed by atoms with Crippen LogP contribution in [0.15, 0.2) is 24.3 Å². The Morgan fingerprint density at radius 3 is 2.72 bits per heavy atom. The number of nitrogens with zero attached hydrogens (tertiary/aromatic N) is 2. The number of non-ortho nitro benzene ring substituents is 1. The van der Waals surface area contributed by atoms with Gasteiger partial charge in [0.15, 0.2) is 0 Å². The number of nitro benzene ring substituents is 1. The predicted octanol–water partition coefficient (Wildman–Crippen LogP) is 5.10. The summed E-state index contributed by atoms with van der Waals surface area (Å²) in [6, 6.07) is 6.16. The maximum Gasteiger partial charge on any atom is 0.341 e. The van der Waals surface area contributed by atoms with Crippen molar-refractivity contribution in [2.45, 2.75) is 26.8 Å². The molecule has 0 atom stereocenters. The summed E-state index contributed by atoms with van der Waals surface area (Å²) >= 11 is 2.67. The Morgan fingerprint density at radius 1 is 1.25 bits per heavy atom. The Balaban J connectivity index is 0.00000289. The van der Waals surface area contributed by atoms with E-state index in [4.69, 9.17) is 4.74 Å². The van der Waals surface area contributed by atoms with Crippen LogP contribution < -0.4 is 5.32 Å². The molecule has 0 unspecified atom stereocenters. The highest BCUT2D eigenvalue weighted by Crippen LogP contribution is 2.38. The minimum atomic E-state index is -0.460. The van der Waals surface area contributed by atoms with E-state index in [1.165, 1.54) is 34.8 Å². The zero-order valence-corrected chi connectivity index (χ0v) is 20.0. The average Bonchev–Trinajstić information content (AvgIpc) is 3.33. The van der Waals surface area contributed by atoms with E-state index < -0.39 is 10.9 Å². The molecular formula is C21H22ClN3O5S2. The first kappa shape index (κ1) is 24.1. The molecule has 0 radical (unpaired) electrons. The first-order chi connectivity index (χ1) is 14.9. The minimum Gasteiger partial charge on any atom is -0.462 e. The van der Waals surface area contributed by atoms with Crippen LogP contribution in [0, 0.1) is 10.1 Å². The molecule has 4 rings (SSSR count). The van der Waals surface area contributed by atoms with Gasteiger partial charge in [0.05, 0.1) is 22.0 Å². The first-order valence-electron chi connectivity index (χ1n) is 9.94. The van der Waals surface area contributed by atoms with Crippen molar-refractivity contribution in [2.75, 3.05) is 25.0 Å². The lowest BCUT2D eigenvalue weighted by atomic mass is 10.0. The molecule has 0 saturated carbocycles. The highest BCUT2D eigenvalue weighted by atomic mass is 35.5. The molecule has 3 aromatic rings. The van der Waals surface area contributed by atoms with Crippen LogP contribution >= 0.6 is 35.1 Å². The van der Waals surface area contributed by atoms with E-state index >= 15 is 0 Å². The maximum absolute atomic E-state index is 13.0. The van der Waals surface area contributed by atoms with Gasteiger partial charge in [0, 0.05) is 40.2 Å². The summed E-state index contributed by atoms with van der Waals surface area (Å²) in [4.78, 5) is 40.0. The van der Waals surface area contributed by atoms with Gasteiger partial charge in [-0.1, -0.05) is 6.92 Å². The second kappa shape index (κ2) is 9.95. The summed E-state index contributed by atoms with van der Waals surface area (Å²) in [6.07, 6.45) is 0.732. The molecule has 1 N–H and O–H groups in total. The smallest absolute Gasteiger partial charge is 0.341 e. The van der Waals surface area contributed by atoms with Gasteiger partial charge in [-0.3, -0.25) is 19.8 Å². The topological polar surface area (TPSA) is 102 Å². The fourth-order valence-electron chi connectivity index (χ4n) is 3.65. The van der Waals surface area contributed by atoms with E-state index in [2.05, 4.69) is 17.1 Å². The zero-order valence-electron chi connectivity index (χ0n) is 17.5. The number of nitrogens with one attached hydrogen (secondary N) is 1. The minimum absolute atomic E-state index is 0. The number of carbonyl (C=O) groups is 2. The van der Waals surface area contributed by atoms with Gasteiger partial charge in [0.2, 0.25) is 0 Å². The molecule has 11 heteroatoms. The van der Waals surface area contributed by atoms with Crippen LogP contribution in [0.5, 0.6) is 0 Å². The number of halogens is 1. The number of nitro groups is 1. The molecule has 32 heavy (non-hydrogen) atoms. The number of anilines is 1. The summed E-state index contributed by atoms with van der Waals surface area (Å²) < 4.78 is 6.04.